The lowest BCUT2D eigenvalue weighted by Crippen LogP contribution is -2.47. The van der Waals surface area contributed by atoms with Crippen LogP contribution in [0, 0.1) is 0 Å². The second-order valence-corrected chi connectivity index (χ2v) is 6.93. The first kappa shape index (κ1) is 16.8. The molecule has 0 spiro atoms. The Morgan fingerprint density at radius 2 is 2.00 bits per heavy atom. The average molecular weight is 367 g/mol. The highest BCUT2D eigenvalue weighted by atomic mass is 35.5. The fourth-order valence-corrected chi connectivity index (χ4v) is 3.55. The second-order valence-electron chi connectivity index (χ2n) is 6.49. The van der Waals surface area contributed by atoms with Crippen LogP contribution >= 0.6 is 11.6 Å². The third kappa shape index (κ3) is 3.23. The molecule has 0 unspecified atom stereocenters. The summed E-state index contributed by atoms with van der Waals surface area (Å²) in [5.74, 6) is -0.141. The van der Waals surface area contributed by atoms with Gasteiger partial charge in [-0.25, -0.2) is 5.43 Å². The van der Waals surface area contributed by atoms with Gasteiger partial charge in [0.2, 0.25) is 0 Å². The van der Waals surface area contributed by atoms with Gasteiger partial charge in [-0.15, -0.1) is 0 Å². The van der Waals surface area contributed by atoms with Crippen molar-refractivity contribution in [3.05, 3.63) is 70.4 Å². The molecule has 5 nitrogen and oxygen atoms in total. The number of rotatable bonds is 3. The molecule has 0 radical (unpaired) electrons. The summed E-state index contributed by atoms with van der Waals surface area (Å²) in [6, 6.07) is 15.2. The molecule has 3 N–H and O–H groups in total. The first-order valence-corrected chi connectivity index (χ1v) is 8.93. The molecular weight excluding hydrogens is 348 g/mol. The van der Waals surface area contributed by atoms with Gasteiger partial charge in [-0.2, -0.15) is 5.10 Å². The van der Waals surface area contributed by atoms with Crippen LogP contribution in [0.2, 0.25) is 5.02 Å². The van der Waals surface area contributed by atoms with E-state index >= 15 is 0 Å². The number of hydrazone groups is 1. The molecule has 2 aromatic carbocycles. The smallest absolute Gasteiger partial charge is 0.257 e. The fraction of sp³-hybridized carbons (Fsp3) is 0.200. The number of para-hydroxylation sites is 1. The molecule has 2 atom stereocenters. The van der Waals surface area contributed by atoms with E-state index in [0.717, 1.165) is 16.8 Å². The molecule has 4 rings (SSSR count). The van der Waals surface area contributed by atoms with Crippen LogP contribution in [0.15, 0.2) is 53.6 Å². The third-order valence-corrected chi connectivity index (χ3v) is 4.97. The number of carbonyl (C=O) groups excluding carboxylic acids is 1. The summed E-state index contributed by atoms with van der Waals surface area (Å²) in [7, 11) is 0. The Kier molecular flexibility index (Phi) is 4.49. The Bertz CT molecular complexity index is 977. The topological polar surface area (TPSA) is 69.3 Å². The van der Waals surface area contributed by atoms with Crippen molar-refractivity contribution < 1.29 is 4.79 Å². The number of hydrogen-bond acceptors (Lipinski definition) is 3. The van der Waals surface area contributed by atoms with Crippen LogP contribution in [-0.2, 0) is 11.2 Å². The van der Waals surface area contributed by atoms with Crippen molar-refractivity contribution in [3.63, 3.8) is 0 Å². The van der Waals surface area contributed by atoms with Gasteiger partial charge in [0, 0.05) is 27.7 Å². The van der Waals surface area contributed by atoms with E-state index in [1.807, 2.05) is 24.3 Å². The maximum Gasteiger partial charge on any atom is 0.257 e. The summed E-state index contributed by atoms with van der Waals surface area (Å²) >= 11 is 5.86. The molecule has 3 aromatic rings. The number of aromatic amines is 1. The Labute approximate surface area is 156 Å². The Morgan fingerprint density at radius 3 is 2.81 bits per heavy atom. The van der Waals surface area contributed by atoms with Crippen LogP contribution in [0.25, 0.3) is 10.9 Å². The van der Waals surface area contributed by atoms with E-state index in [9.17, 15) is 4.79 Å². The molecule has 0 fully saturated rings. The second kappa shape index (κ2) is 6.94. The molecule has 1 aliphatic heterocycles. The zero-order valence-corrected chi connectivity index (χ0v) is 15.0. The van der Waals surface area contributed by atoms with Crippen LogP contribution < -0.4 is 10.7 Å². The number of hydrogen-bond donors (Lipinski definition) is 3. The molecule has 132 valence electrons. The minimum atomic E-state index is -0.320. The number of halogens is 1. The predicted molar refractivity (Wildman–Crippen MR) is 105 cm³/mol. The van der Waals surface area contributed by atoms with Gasteiger partial charge in [-0.3, -0.25) is 10.1 Å². The van der Waals surface area contributed by atoms with Crippen molar-refractivity contribution in [1.82, 2.24) is 15.7 Å². The normalized spacial score (nSPS) is 19.6. The number of amides is 1. The lowest BCUT2D eigenvalue weighted by atomic mass is 9.94. The maximum atomic E-state index is 12.5. The highest BCUT2D eigenvalue weighted by Gasteiger charge is 2.30. The molecule has 0 aliphatic carbocycles. The van der Waals surface area contributed by atoms with Crippen LogP contribution in [0.1, 0.15) is 29.8 Å². The lowest BCUT2D eigenvalue weighted by molar-refractivity contribution is -0.123. The standard InChI is InChI=1S/C20H19ClN4O/c1-12-19-16(15-4-2-3-5-17(15)24-19)10-18(23-12)20(26)25-22-11-13-6-8-14(21)9-7-13/h2-9,11-12,18,23-24H,10H2,1H3,(H,25,26)/b22-11+/t12-,18-/m1/s1. The van der Waals surface area contributed by atoms with Crippen molar-refractivity contribution in [2.45, 2.75) is 25.4 Å². The minimum Gasteiger partial charge on any atom is -0.357 e. The molecule has 2 heterocycles. The van der Waals surface area contributed by atoms with Gasteiger partial charge in [0.05, 0.1) is 12.3 Å². The zero-order chi connectivity index (χ0) is 18.1. The maximum absolute atomic E-state index is 12.5. The van der Waals surface area contributed by atoms with Gasteiger partial charge < -0.3 is 4.98 Å². The summed E-state index contributed by atoms with van der Waals surface area (Å²) in [5, 5.41) is 9.26. The highest BCUT2D eigenvalue weighted by molar-refractivity contribution is 6.30. The molecule has 1 amide bonds. The van der Waals surface area contributed by atoms with E-state index in [1.165, 1.54) is 10.9 Å². The summed E-state index contributed by atoms with van der Waals surface area (Å²) < 4.78 is 0. The van der Waals surface area contributed by atoms with Gasteiger partial charge in [0.25, 0.3) is 5.91 Å². The first-order chi connectivity index (χ1) is 12.6. The van der Waals surface area contributed by atoms with Crippen molar-refractivity contribution >= 4 is 34.6 Å². The van der Waals surface area contributed by atoms with Gasteiger partial charge in [-0.05, 0) is 42.7 Å². The van der Waals surface area contributed by atoms with E-state index in [1.54, 1.807) is 18.3 Å². The summed E-state index contributed by atoms with van der Waals surface area (Å²) in [5.41, 5.74) is 6.97. The largest absolute Gasteiger partial charge is 0.357 e. The summed E-state index contributed by atoms with van der Waals surface area (Å²) in [4.78, 5) is 16.0. The van der Waals surface area contributed by atoms with Crippen LogP contribution in [0.4, 0.5) is 0 Å². The van der Waals surface area contributed by atoms with E-state index < -0.39 is 0 Å². The van der Waals surface area contributed by atoms with Crippen LogP contribution in [0.3, 0.4) is 0 Å². The number of fused-ring (bicyclic) bond motifs is 3. The van der Waals surface area contributed by atoms with E-state index in [2.05, 4.69) is 39.9 Å². The van der Waals surface area contributed by atoms with E-state index in [-0.39, 0.29) is 18.0 Å². The fourth-order valence-electron chi connectivity index (χ4n) is 3.42. The van der Waals surface area contributed by atoms with E-state index in [0.29, 0.717) is 11.4 Å². The molecular formula is C20H19ClN4O. The van der Waals surface area contributed by atoms with Gasteiger partial charge in [0.15, 0.2) is 0 Å². The molecule has 1 aliphatic rings. The van der Waals surface area contributed by atoms with Gasteiger partial charge in [-0.1, -0.05) is 41.9 Å². The molecule has 1 aromatic heterocycles. The van der Waals surface area contributed by atoms with Gasteiger partial charge in [0.1, 0.15) is 0 Å². The third-order valence-electron chi connectivity index (χ3n) is 4.71. The highest BCUT2D eigenvalue weighted by Crippen LogP contribution is 2.31. The Morgan fingerprint density at radius 1 is 1.23 bits per heavy atom. The Balaban J connectivity index is 1.48. The van der Waals surface area contributed by atoms with E-state index in [4.69, 9.17) is 11.6 Å². The predicted octanol–water partition coefficient (Wildman–Crippen LogP) is 3.55. The van der Waals surface area contributed by atoms with Crippen LogP contribution in [-0.4, -0.2) is 23.1 Å². The number of aromatic nitrogens is 1. The Hall–Kier alpha value is -2.63. The molecule has 0 bridgehead atoms. The minimum absolute atomic E-state index is 0.0714. The van der Waals surface area contributed by atoms with Crippen molar-refractivity contribution in [2.75, 3.05) is 0 Å². The lowest BCUT2D eigenvalue weighted by Gasteiger charge is -2.27. The van der Waals surface area contributed by atoms with Gasteiger partial charge >= 0.3 is 0 Å². The number of nitrogens with zero attached hydrogens (tertiary/aromatic N) is 1. The number of H-pyrrole nitrogens is 1. The monoisotopic (exact) mass is 366 g/mol. The molecule has 6 heteroatoms. The average Bonchev–Trinajstić information content (AvgIpc) is 3.03. The van der Waals surface area contributed by atoms with Crippen molar-refractivity contribution in [1.29, 1.82) is 0 Å². The van der Waals surface area contributed by atoms with Crippen molar-refractivity contribution in [2.24, 2.45) is 5.10 Å². The number of nitrogens with one attached hydrogen (secondary N) is 3. The summed E-state index contributed by atoms with van der Waals surface area (Å²) in [6.07, 6.45) is 2.24. The SMILES string of the molecule is C[C@H]1N[C@@H](C(=O)N/N=C/c2ccc(Cl)cc2)Cc2c1[nH]c1ccccc21. The quantitative estimate of drug-likeness (QED) is 0.490. The molecule has 0 saturated heterocycles. The number of benzene rings is 2. The van der Waals surface area contributed by atoms with Crippen LogP contribution in [0.5, 0.6) is 0 Å². The summed E-state index contributed by atoms with van der Waals surface area (Å²) in [6.45, 7) is 2.06. The molecule has 0 saturated carbocycles. The van der Waals surface area contributed by atoms with Crippen molar-refractivity contribution in [3.8, 4) is 0 Å². The zero-order valence-electron chi connectivity index (χ0n) is 14.3. The first-order valence-electron chi connectivity index (χ1n) is 8.56. The number of carbonyl (C=O) groups is 1. The molecule has 26 heavy (non-hydrogen) atoms.